The fourth-order valence-corrected chi connectivity index (χ4v) is 4.51. The van der Waals surface area contributed by atoms with Crippen molar-refractivity contribution < 1.29 is 32.6 Å². The van der Waals surface area contributed by atoms with E-state index in [4.69, 9.17) is 4.74 Å². The number of ketones is 1. The van der Waals surface area contributed by atoms with Crippen molar-refractivity contribution in [1.82, 2.24) is 0 Å². The highest BCUT2D eigenvalue weighted by molar-refractivity contribution is 5.86. The third kappa shape index (κ3) is 3.17. The number of alkyl halides is 2. The Morgan fingerprint density at radius 3 is 2.38 bits per heavy atom. The molecule has 0 amide bonds. The Morgan fingerprint density at radius 2 is 1.83 bits per heavy atom. The summed E-state index contributed by atoms with van der Waals surface area (Å²) in [6, 6.07) is 0. The molecule has 0 spiro atoms. The molecule has 3 atom stereocenters. The monoisotopic (exact) mass is 344 g/mol. The van der Waals surface area contributed by atoms with Gasteiger partial charge in [0.1, 0.15) is 18.0 Å². The average molecular weight is 344 g/mol. The van der Waals surface area contributed by atoms with Crippen LogP contribution in [0.15, 0.2) is 0 Å². The van der Waals surface area contributed by atoms with E-state index in [2.05, 4.69) is 4.74 Å². The number of carbonyl (C=O) groups is 3. The van der Waals surface area contributed by atoms with Gasteiger partial charge in [0.25, 0.3) is 0 Å². The minimum absolute atomic E-state index is 0.0176. The highest BCUT2D eigenvalue weighted by atomic mass is 19.3. The molecular weight excluding hydrogens is 322 g/mol. The quantitative estimate of drug-likeness (QED) is 0.717. The lowest BCUT2D eigenvalue weighted by molar-refractivity contribution is -0.195. The standard InChI is InChI=1S/C17H22F2O5/c1-9(8-23-15(22)16(2,18)19)14(21)24-17-5-10-3-11(6-17)13(20)12(4-10)7-17/h9-12H,3-8H2,1-2H3. The summed E-state index contributed by atoms with van der Waals surface area (Å²) >= 11 is 0. The fourth-order valence-electron chi connectivity index (χ4n) is 4.51. The number of halogens is 2. The van der Waals surface area contributed by atoms with Crippen molar-refractivity contribution in [2.24, 2.45) is 23.7 Å². The van der Waals surface area contributed by atoms with E-state index >= 15 is 0 Å². The van der Waals surface area contributed by atoms with E-state index in [9.17, 15) is 23.2 Å². The third-order valence-corrected chi connectivity index (χ3v) is 5.48. The summed E-state index contributed by atoms with van der Waals surface area (Å²) < 4.78 is 35.7. The molecule has 4 rings (SSSR count). The summed E-state index contributed by atoms with van der Waals surface area (Å²) in [6.45, 7) is 1.49. The van der Waals surface area contributed by atoms with Crippen LogP contribution in [-0.4, -0.2) is 35.9 Å². The first-order valence-electron chi connectivity index (χ1n) is 8.41. The zero-order chi connectivity index (χ0) is 17.7. The lowest BCUT2D eigenvalue weighted by atomic mass is 9.53. The summed E-state index contributed by atoms with van der Waals surface area (Å²) in [5, 5.41) is 0. The molecule has 3 unspecified atom stereocenters. The number of esters is 2. The first kappa shape index (κ1) is 17.3. The normalized spacial score (nSPS) is 35.7. The zero-order valence-electron chi connectivity index (χ0n) is 13.8. The molecule has 134 valence electrons. The van der Waals surface area contributed by atoms with E-state index in [1.54, 1.807) is 0 Å². The highest BCUT2D eigenvalue weighted by Crippen LogP contribution is 2.55. The Hall–Kier alpha value is -1.53. The van der Waals surface area contributed by atoms with Gasteiger partial charge in [0.05, 0.1) is 5.92 Å². The van der Waals surface area contributed by atoms with Gasteiger partial charge in [-0.1, -0.05) is 0 Å². The molecule has 0 heterocycles. The second-order valence-corrected chi connectivity index (χ2v) is 7.74. The van der Waals surface area contributed by atoms with E-state index in [0.717, 1.165) is 19.3 Å². The van der Waals surface area contributed by atoms with Crippen LogP contribution in [0.1, 0.15) is 46.0 Å². The third-order valence-electron chi connectivity index (χ3n) is 5.48. The molecular formula is C17H22F2O5. The smallest absolute Gasteiger partial charge is 0.376 e. The maximum absolute atomic E-state index is 12.8. The lowest BCUT2D eigenvalue weighted by Crippen LogP contribution is -2.57. The van der Waals surface area contributed by atoms with Crippen LogP contribution in [0.4, 0.5) is 8.78 Å². The molecule has 0 aromatic heterocycles. The maximum Gasteiger partial charge on any atom is 0.376 e. The van der Waals surface area contributed by atoms with Crippen LogP contribution >= 0.6 is 0 Å². The zero-order valence-corrected chi connectivity index (χ0v) is 13.8. The number of hydrogen-bond acceptors (Lipinski definition) is 5. The molecule has 0 N–H and O–H groups in total. The van der Waals surface area contributed by atoms with Gasteiger partial charge >= 0.3 is 17.9 Å². The van der Waals surface area contributed by atoms with Gasteiger partial charge in [-0.15, -0.1) is 0 Å². The Kier molecular flexibility index (Phi) is 4.16. The van der Waals surface area contributed by atoms with Crippen molar-refractivity contribution in [2.75, 3.05) is 6.61 Å². The second kappa shape index (κ2) is 5.77. The SMILES string of the molecule is CC(COC(=O)C(C)(F)F)C(=O)OC12CC3CC(C1)C(=O)C(C3)C2. The fraction of sp³-hybridized carbons (Fsp3) is 0.824. The molecule has 4 aliphatic carbocycles. The Morgan fingerprint density at radius 1 is 1.25 bits per heavy atom. The van der Waals surface area contributed by atoms with E-state index in [-0.39, 0.29) is 11.8 Å². The van der Waals surface area contributed by atoms with Crippen molar-refractivity contribution in [3.63, 3.8) is 0 Å². The van der Waals surface area contributed by atoms with Crippen LogP contribution in [0.2, 0.25) is 0 Å². The van der Waals surface area contributed by atoms with Crippen LogP contribution < -0.4 is 0 Å². The van der Waals surface area contributed by atoms with Crippen LogP contribution in [-0.2, 0) is 23.9 Å². The summed E-state index contributed by atoms with van der Waals surface area (Å²) in [7, 11) is 0. The van der Waals surface area contributed by atoms with Gasteiger partial charge in [-0.25, -0.2) is 4.79 Å². The molecule has 4 fully saturated rings. The predicted octanol–water partition coefficient (Wildman–Crippen LogP) is 2.51. The number of rotatable bonds is 5. The average Bonchev–Trinajstić information content (AvgIpc) is 2.47. The molecule has 7 heteroatoms. The first-order chi connectivity index (χ1) is 11.1. The topological polar surface area (TPSA) is 69.7 Å². The lowest BCUT2D eigenvalue weighted by Gasteiger charge is -2.54. The molecule has 24 heavy (non-hydrogen) atoms. The molecule has 0 aromatic rings. The first-order valence-corrected chi connectivity index (χ1v) is 8.41. The summed E-state index contributed by atoms with van der Waals surface area (Å²) in [4.78, 5) is 35.5. The van der Waals surface area contributed by atoms with Gasteiger partial charge in [0.15, 0.2) is 0 Å². The van der Waals surface area contributed by atoms with E-state index in [0.29, 0.717) is 31.5 Å². The second-order valence-electron chi connectivity index (χ2n) is 7.74. The van der Waals surface area contributed by atoms with Crippen molar-refractivity contribution in [3.8, 4) is 0 Å². The summed E-state index contributed by atoms with van der Waals surface area (Å²) in [6.07, 6.45) is 3.65. The number of Topliss-reactive ketones (excluding diaryl/α,β-unsaturated/α-hetero) is 1. The number of carbonyl (C=O) groups excluding carboxylic acids is 3. The van der Waals surface area contributed by atoms with Crippen LogP contribution in [0, 0.1) is 23.7 Å². The van der Waals surface area contributed by atoms with E-state index in [1.807, 2.05) is 0 Å². The Balaban J connectivity index is 1.57. The van der Waals surface area contributed by atoms with Crippen molar-refractivity contribution >= 4 is 17.7 Å². The predicted molar refractivity (Wildman–Crippen MR) is 78.1 cm³/mol. The van der Waals surface area contributed by atoms with Crippen molar-refractivity contribution in [1.29, 1.82) is 0 Å². The van der Waals surface area contributed by atoms with E-state index in [1.165, 1.54) is 6.92 Å². The molecule has 4 saturated carbocycles. The van der Waals surface area contributed by atoms with Crippen LogP contribution in [0.5, 0.6) is 0 Å². The minimum atomic E-state index is -3.58. The largest absolute Gasteiger partial charge is 0.460 e. The van der Waals surface area contributed by atoms with Crippen molar-refractivity contribution in [2.45, 2.75) is 57.5 Å². The number of hydrogen-bond donors (Lipinski definition) is 0. The maximum atomic E-state index is 12.8. The Labute approximate surface area is 139 Å². The molecule has 4 aliphatic rings. The van der Waals surface area contributed by atoms with Gasteiger partial charge in [-0.05, 0) is 44.9 Å². The molecule has 4 bridgehead atoms. The Bertz CT molecular complexity index is 550. The van der Waals surface area contributed by atoms with E-state index < -0.39 is 36.0 Å². The van der Waals surface area contributed by atoms with Crippen molar-refractivity contribution in [3.05, 3.63) is 0 Å². The van der Waals surface area contributed by atoms with Gasteiger partial charge in [-0.3, -0.25) is 9.59 Å². The molecule has 0 saturated heterocycles. The summed E-state index contributed by atoms with van der Waals surface area (Å²) in [5.41, 5.74) is -0.603. The molecule has 0 aliphatic heterocycles. The van der Waals surface area contributed by atoms with Gasteiger partial charge in [0, 0.05) is 18.8 Å². The highest BCUT2D eigenvalue weighted by Gasteiger charge is 2.57. The molecule has 0 radical (unpaired) electrons. The van der Waals surface area contributed by atoms with Gasteiger partial charge in [0.2, 0.25) is 0 Å². The van der Waals surface area contributed by atoms with Gasteiger partial charge < -0.3 is 9.47 Å². The van der Waals surface area contributed by atoms with Crippen LogP contribution in [0.3, 0.4) is 0 Å². The van der Waals surface area contributed by atoms with Gasteiger partial charge in [-0.2, -0.15) is 8.78 Å². The minimum Gasteiger partial charge on any atom is -0.460 e. The molecule has 0 aromatic carbocycles. The number of ether oxygens (including phenoxy) is 2. The van der Waals surface area contributed by atoms with Crippen LogP contribution in [0.25, 0.3) is 0 Å². The molecule has 5 nitrogen and oxygen atoms in total. The summed E-state index contributed by atoms with van der Waals surface area (Å²) in [5.74, 6) is -5.93.